The minimum absolute atomic E-state index is 0.365. The van der Waals surface area contributed by atoms with Gasteiger partial charge in [-0.3, -0.25) is 0 Å². The minimum Gasteiger partial charge on any atom is -0.243 e. The van der Waals surface area contributed by atoms with Gasteiger partial charge in [-0.15, -0.1) is 10.2 Å². The van der Waals surface area contributed by atoms with Crippen LogP contribution in [0.25, 0.3) is 0 Å². The molecule has 0 radical (unpaired) electrons. The van der Waals surface area contributed by atoms with Gasteiger partial charge in [-0.25, -0.2) is 4.79 Å². The number of halogens is 5. The molecule has 2 aromatic heterocycles. The maximum Gasteiger partial charge on any atom is 0.459 e. The third kappa shape index (κ3) is 2.80. The van der Waals surface area contributed by atoms with Gasteiger partial charge in [0.05, 0.1) is 18.1 Å². The van der Waals surface area contributed by atoms with E-state index in [9.17, 15) is 26.7 Å². The van der Waals surface area contributed by atoms with Gasteiger partial charge in [-0.05, 0) is 0 Å². The summed E-state index contributed by atoms with van der Waals surface area (Å²) in [5.41, 5.74) is -3.56. The van der Waals surface area contributed by atoms with Crippen LogP contribution in [0.4, 0.5) is 26.7 Å². The summed E-state index contributed by atoms with van der Waals surface area (Å²) in [7, 11) is 0. The van der Waals surface area contributed by atoms with E-state index in [4.69, 9.17) is 0 Å². The van der Waals surface area contributed by atoms with E-state index in [0.29, 0.717) is 9.36 Å². The summed E-state index contributed by atoms with van der Waals surface area (Å²) in [6, 6.07) is -1.08. The van der Waals surface area contributed by atoms with Crippen molar-refractivity contribution in [2.24, 2.45) is 0 Å². The third-order valence-electron chi connectivity index (χ3n) is 2.83. The topological polar surface area (TPSA) is 78.5 Å². The monoisotopic (exact) mass is 338 g/mol. The Kier molecular flexibility index (Phi) is 3.73. The summed E-state index contributed by atoms with van der Waals surface area (Å²) in [4.78, 5) is 12.2. The molecule has 12 heteroatoms. The van der Waals surface area contributed by atoms with Crippen LogP contribution >= 0.6 is 0 Å². The predicted octanol–water partition coefficient (Wildman–Crippen LogP) is 2.34. The maximum absolute atomic E-state index is 13.7. The van der Waals surface area contributed by atoms with E-state index in [1.54, 1.807) is 0 Å². The van der Waals surface area contributed by atoms with Crippen LogP contribution in [0.1, 0.15) is 32.2 Å². The van der Waals surface area contributed by atoms with Gasteiger partial charge in [-0.2, -0.15) is 31.3 Å². The maximum atomic E-state index is 13.7. The molecule has 0 amide bonds. The van der Waals surface area contributed by atoms with Crippen LogP contribution < -0.4 is 0 Å². The van der Waals surface area contributed by atoms with Gasteiger partial charge in [0.25, 0.3) is 0 Å². The quantitative estimate of drug-likeness (QED) is 0.746. The summed E-state index contributed by atoms with van der Waals surface area (Å²) in [6.07, 6.45) is -3.64. The molecule has 23 heavy (non-hydrogen) atoms. The number of hydrogen-bond donors (Lipinski definition) is 0. The predicted molar refractivity (Wildman–Crippen MR) is 64.9 cm³/mol. The molecule has 7 nitrogen and oxygen atoms in total. The molecule has 0 aliphatic heterocycles. The Morgan fingerprint density at radius 3 is 2.13 bits per heavy atom. The molecule has 0 spiro atoms. The minimum atomic E-state index is -5.87. The van der Waals surface area contributed by atoms with Gasteiger partial charge in [0, 0.05) is 5.41 Å². The van der Waals surface area contributed by atoms with Crippen LogP contribution in [0.2, 0.25) is 0 Å². The van der Waals surface area contributed by atoms with Crippen molar-refractivity contribution >= 4 is 6.03 Å². The second-order valence-corrected chi connectivity index (χ2v) is 5.65. The van der Waals surface area contributed by atoms with Crippen LogP contribution in [0.3, 0.4) is 0 Å². The van der Waals surface area contributed by atoms with E-state index in [0.717, 1.165) is 12.4 Å². The first-order valence-electron chi connectivity index (χ1n) is 6.19. The molecule has 0 aliphatic carbocycles. The first-order valence-corrected chi connectivity index (χ1v) is 6.19. The number of carbonyl (C=O) groups excluding carboxylic acids is 1. The lowest BCUT2D eigenvalue weighted by Crippen LogP contribution is -2.37. The van der Waals surface area contributed by atoms with E-state index in [2.05, 4.69) is 20.6 Å². The van der Waals surface area contributed by atoms with Crippen molar-refractivity contribution in [3.8, 4) is 0 Å². The van der Waals surface area contributed by atoms with Crippen molar-refractivity contribution in [1.29, 1.82) is 0 Å². The molecule has 2 rings (SSSR count). The fraction of sp³-hybridized carbons (Fsp3) is 0.545. The highest BCUT2D eigenvalue weighted by atomic mass is 19.4. The standard InChI is InChI=1S/C11H11F5N6O/c1-9(2,3)7-6(10(12,13)11(14,15)16)18-20-22(7)8(23)21-5-4-17-19-21/h4-5H,1-3H3. The van der Waals surface area contributed by atoms with E-state index in [1.165, 1.54) is 20.8 Å². The Morgan fingerprint density at radius 1 is 1.09 bits per heavy atom. The van der Waals surface area contributed by atoms with Gasteiger partial charge in [0.2, 0.25) is 0 Å². The first-order chi connectivity index (χ1) is 10.4. The Bertz CT molecular complexity index is 712. The molecule has 0 atom stereocenters. The van der Waals surface area contributed by atoms with Gasteiger partial charge in [0.1, 0.15) is 0 Å². The highest BCUT2D eigenvalue weighted by Crippen LogP contribution is 2.46. The zero-order valence-corrected chi connectivity index (χ0v) is 12.1. The molecule has 2 aromatic rings. The van der Waals surface area contributed by atoms with E-state index >= 15 is 0 Å². The Hall–Kier alpha value is -2.40. The molecule has 0 aromatic carbocycles. The van der Waals surface area contributed by atoms with Gasteiger partial charge < -0.3 is 0 Å². The number of aromatic nitrogens is 6. The van der Waals surface area contributed by atoms with Crippen molar-refractivity contribution in [2.45, 2.75) is 38.3 Å². The Balaban J connectivity index is 2.67. The molecule has 2 heterocycles. The molecule has 126 valence electrons. The summed E-state index contributed by atoms with van der Waals surface area (Å²) >= 11 is 0. The molecular formula is C11H11F5N6O. The SMILES string of the molecule is CC(C)(C)c1c(C(F)(F)C(F)(F)F)nnn1C(=O)n1ccnn1. The molecule has 0 unspecified atom stereocenters. The fourth-order valence-corrected chi connectivity index (χ4v) is 1.84. The number of hydrogen-bond acceptors (Lipinski definition) is 5. The Morgan fingerprint density at radius 2 is 1.70 bits per heavy atom. The Labute approximate surface area is 126 Å². The number of rotatable bonds is 1. The first kappa shape index (κ1) is 17.0. The molecular weight excluding hydrogens is 327 g/mol. The van der Waals surface area contributed by atoms with Gasteiger partial charge in [0.15, 0.2) is 5.69 Å². The molecule has 0 fully saturated rings. The second-order valence-electron chi connectivity index (χ2n) is 5.65. The third-order valence-corrected chi connectivity index (χ3v) is 2.83. The van der Waals surface area contributed by atoms with E-state index < -0.39 is 34.9 Å². The average molecular weight is 338 g/mol. The van der Waals surface area contributed by atoms with E-state index in [1.807, 2.05) is 0 Å². The molecule has 0 bridgehead atoms. The summed E-state index contributed by atoms with van der Waals surface area (Å²) in [5.74, 6) is -5.25. The summed E-state index contributed by atoms with van der Waals surface area (Å²) in [5, 5.41) is 12.8. The highest BCUT2D eigenvalue weighted by molar-refractivity contribution is 5.78. The fourth-order valence-electron chi connectivity index (χ4n) is 1.84. The number of alkyl halides is 5. The smallest absolute Gasteiger partial charge is 0.243 e. The van der Waals surface area contributed by atoms with Gasteiger partial charge in [-0.1, -0.05) is 31.2 Å². The lowest BCUT2D eigenvalue weighted by Gasteiger charge is -2.24. The van der Waals surface area contributed by atoms with Crippen molar-refractivity contribution in [2.75, 3.05) is 0 Å². The summed E-state index contributed by atoms with van der Waals surface area (Å²) in [6.45, 7) is 4.06. The molecule has 0 saturated heterocycles. The lowest BCUT2D eigenvalue weighted by molar-refractivity contribution is -0.291. The van der Waals surface area contributed by atoms with Crippen LogP contribution in [-0.4, -0.2) is 42.2 Å². The molecule has 0 aliphatic rings. The van der Waals surface area contributed by atoms with E-state index in [-0.39, 0.29) is 0 Å². The van der Waals surface area contributed by atoms with Crippen LogP contribution in [0.5, 0.6) is 0 Å². The molecule has 0 N–H and O–H groups in total. The van der Waals surface area contributed by atoms with Crippen LogP contribution in [0.15, 0.2) is 12.4 Å². The van der Waals surface area contributed by atoms with Crippen molar-refractivity contribution in [3.63, 3.8) is 0 Å². The number of nitrogens with zero attached hydrogens (tertiary/aromatic N) is 6. The highest BCUT2D eigenvalue weighted by Gasteiger charge is 2.62. The van der Waals surface area contributed by atoms with Crippen molar-refractivity contribution in [1.82, 2.24) is 30.0 Å². The largest absolute Gasteiger partial charge is 0.459 e. The zero-order chi connectivity index (χ0) is 17.6. The zero-order valence-electron chi connectivity index (χ0n) is 12.1. The van der Waals surface area contributed by atoms with Crippen LogP contribution in [-0.2, 0) is 11.3 Å². The van der Waals surface area contributed by atoms with Gasteiger partial charge >= 0.3 is 18.1 Å². The average Bonchev–Trinajstić information content (AvgIpc) is 3.05. The van der Waals surface area contributed by atoms with Crippen LogP contribution in [0, 0.1) is 0 Å². The normalized spacial score (nSPS) is 13.4. The molecule has 0 saturated carbocycles. The second kappa shape index (κ2) is 5.06. The number of carbonyl (C=O) groups is 1. The van der Waals surface area contributed by atoms with Crippen molar-refractivity contribution < 1.29 is 26.7 Å². The van der Waals surface area contributed by atoms with Crippen molar-refractivity contribution in [3.05, 3.63) is 23.8 Å². The lowest BCUT2D eigenvalue weighted by atomic mass is 9.89. The summed E-state index contributed by atoms with van der Waals surface area (Å²) < 4.78 is 66.3.